The van der Waals surface area contributed by atoms with E-state index >= 15 is 0 Å². The first-order valence-corrected chi connectivity index (χ1v) is 5.96. The Bertz CT molecular complexity index is 315. The molecule has 4 nitrogen and oxygen atoms in total. The summed E-state index contributed by atoms with van der Waals surface area (Å²) in [4.78, 5) is 1.78. The highest BCUT2D eigenvalue weighted by atomic mass is 79.9. The van der Waals surface area contributed by atoms with Crippen molar-refractivity contribution in [2.24, 2.45) is 0 Å². The molecule has 84 valence electrons. The van der Waals surface area contributed by atoms with E-state index in [1.807, 2.05) is 13.8 Å². The van der Waals surface area contributed by atoms with Crippen molar-refractivity contribution in [2.45, 2.75) is 44.1 Å². The van der Waals surface area contributed by atoms with Crippen LogP contribution in [0.2, 0.25) is 0 Å². The summed E-state index contributed by atoms with van der Waals surface area (Å²) in [7, 11) is 0. The maximum absolute atomic E-state index is 5.75. The minimum atomic E-state index is -0.501. The Morgan fingerprint density at radius 3 is 2.73 bits per heavy atom. The molecule has 0 spiro atoms. The van der Waals surface area contributed by atoms with Crippen LogP contribution in [-0.4, -0.2) is 36.8 Å². The highest BCUT2D eigenvalue weighted by molar-refractivity contribution is 9.11. The van der Waals surface area contributed by atoms with E-state index in [1.54, 1.807) is 4.99 Å². The lowest BCUT2D eigenvalue weighted by Crippen LogP contribution is -2.34. The summed E-state index contributed by atoms with van der Waals surface area (Å²) in [6.45, 7) is 4.39. The molecule has 0 radical (unpaired) electrons. The summed E-state index contributed by atoms with van der Waals surface area (Å²) in [6.07, 6.45) is 0.221. The zero-order valence-electron chi connectivity index (χ0n) is 8.60. The van der Waals surface area contributed by atoms with Crippen LogP contribution >= 0.6 is 15.9 Å². The molecule has 15 heavy (non-hydrogen) atoms. The average molecular weight is 277 g/mol. The molecule has 5 heteroatoms. The number of epoxide rings is 1. The SMILES string of the molecule is CC1(C)OC[C@H]([C@H]2O/C(=C\Br)[C@H]3O[C@@H]23)O1. The molecule has 4 atom stereocenters. The molecule has 0 aliphatic carbocycles. The van der Waals surface area contributed by atoms with Crippen molar-refractivity contribution in [3.63, 3.8) is 0 Å². The number of halogens is 1. The molecular weight excluding hydrogens is 264 g/mol. The highest BCUT2D eigenvalue weighted by Crippen LogP contribution is 2.45. The third-order valence-corrected chi connectivity index (χ3v) is 3.36. The molecule has 0 bridgehead atoms. The first kappa shape index (κ1) is 10.1. The molecule has 3 fully saturated rings. The van der Waals surface area contributed by atoms with E-state index in [1.165, 1.54) is 0 Å². The lowest BCUT2D eigenvalue weighted by Gasteiger charge is -2.21. The molecule has 0 aromatic rings. The maximum atomic E-state index is 5.75. The Morgan fingerprint density at radius 1 is 1.40 bits per heavy atom. The van der Waals surface area contributed by atoms with Gasteiger partial charge >= 0.3 is 0 Å². The lowest BCUT2D eigenvalue weighted by molar-refractivity contribution is -0.153. The number of ether oxygens (including phenoxy) is 4. The van der Waals surface area contributed by atoms with Crippen LogP contribution in [0.1, 0.15) is 13.8 Å². The van der Waals surface area contributed by atoms with Crippen molar-refractivity contribution in [2.75, 3.05) is 6.61 Å². The van der Waals surface area contributed by atoms with Crippen molar-refractivity contribution in [1.82, 2.24) is 0 Å². The summed E-state index contributed by atoms with van der Waals surface area (Å²) in [5.41, 5.74) is 0. The predicted octanol–water partition coefficient (Wildman–Crippen LogP) is 1.54. The van der Waals surface area contributed by atoms with E-state index < -0.39 is 5.79 Å². The van der Waals surface area contributed by atoms with E-state index in [-0.39, 0.29) is 24.4 Å². The molecule has 3 heterocycles. The summed E-state index contributed by atoms with van der Waals surface area (Å²) < 4.78 is 22.5. The standard InChI is InChI=1S/C10H13BrO4/c1-10(2)12-4-6(15-10)8-9-7(14-9)5(3-11)13-8/h3,6-9H,4H2,1-2H3/b5-3-/t6-,7-,8-,9-/m1/s1. The maximum Gasteiger partial charge on any atom is 0.163 e. The van der Waals surface area contributed by atoms with Crippen molar-refractivity contribution >= 4 is 15.9 Å². The summed E-state index contributed by atoms with van der Waals surface area (Å²) >= 11 is 3.26. The van der Waals surface area contributed by atoms with Gasteiger partial charge in [-0.15, -0.1) is 0 Å². The topological polar surface area (TPSA) is 40.2 Å². The normalized spacial score (nSPS) is 49.1. The minimum Gasteiger partial charge on any atom is -0.486 e. The van der Waals surface area contributed by atoms with Gasteiger partial charge in [-0.3, -0.25) is 0 Å². The predicted molar refractivity (Wildman–Crippen MR) is 55.4 cm³/mol. The van der Waals surface area contributed by atoms with Gasteiger partial charge in [-0.1, -0.05) is 15.9 Å². The van der Waals surface area contributed by atoms with Gasteiger partial charge in [-0.05, 0) is 13.8 Å². The Balaban J connectivity index is 1.70. The molecule has 0 amide bonds. The third-order valence-electron chi connectivity index (χ3n) is 2.91. The van der Waals surface area contributed by atoms with E-state index in [4.69, 9.17) is 18.9 Å². The molecule has 3 saturated heterocycles. The fraction of sp³-hybridized carbons (Fsp3) is 0.800. The van der Waals surface area contributed by atoms with Crippen LogP contribution in [0.5, 0.6) is 0 Å². The van der Waals surface area contributed by atoms with Gasteiger partial charge in [0.05, 0.1) is 6.61 Å². The van der Waals surface area contributed by atoms with E-state index in [2.05, 4.69) is 15.9 Å². The van der Waals surface area contributed by atoms with Crippen molar-refractivity contribution < 1.29 is 18.9 Å². The molecular formula is C10H13BrO4. The molecule has 0 saturated carbocycles. The molecule has 3 aliphatic heterocycles. The van der Waals surface area contributed by atoms with Crippen LogP contribution in [0, 0.1) is 0 Å². The van der Waals surface area contributed by atoms with Gasteiger partial charge in [0.15, 0.2) is 11.9 Å². The minimum absolute atomic E-state index is 0.0272. The van der Waals surface area contributed by atoms with E-state index in [0.717, 1.165) is 5.76 Å². The summed E-state index contributed by atoms with van der Waals surface area (Å²) in [5, 5.41) is 0. The number of rotatable bonds is 1. The summed E-state index contributed by atoms with van der Waals surface area (Å²) in [5.74, 6) is 0.359. The molecule has 3 aliphatic rings. The number of hydrogen-bond donors (Lipinski definition) is 0. The van der Waals surface area contributed by atoms with Crippen LogP contribution in [0.3, 0.4) is 0 Å². The van der Waals surface area contributed by atoms with Crippen molar-refractivity contribution in [3.8, 4) is 0 Å². The van der Waals surface area contributed by atoms with Crippen LogP contribution in [0.25, 0.3) is 0 Å². The largest absolute Gasteiger partial charge is 0.486 e. The fourth-order valence-corrected chi connectivity index (χ4v) is 2.51. The highest BCUT2D eigenvalue weighted by Gasteiger charge is 2.60. The Labute approximate surface area is 96.6 Å². The lowest BCUT2D eigenvalue weighted by atomic mass is 10.1. The van der Waals surface area contributed by atoms with Gasteiger partial charge in [0.1, 0.15) is 24.1 Å². The third kappa shape index (κ3) is 1.62. The van der Waals surface area contributed by atoms with Crippen LogP contribution in [-0.2, 0) is 18.9 Å². The van der Waals surface area contributed by atoms with Crippen LogP contribution in [0.4, 0.5) is 0 Å². The smallest absolute Gasteiger partial charge is 0.163 e. The first-order valence-electron chi connectivity index (χ1n) is 5.05. The Hall–Kier alpha value is -0.100. The van der Waals surface area contributed by atoms with Crippen molar-refractivity contribution in [1.29, 1.82) is 0 Å². The monoisotopic (exact) mass is 276 g/mol. The van der Waals surface area contributed by atoms with Gasteiger partial charge in [0.25, 0.3) is 0 Å². The first-order chi connectivity index (χ1) is 7.11. The second-order valence-corrected chi connectivity index (χ2v) is 4.94. The van der Waals surface area contributed by atoms with Crippen LogP contribution < -0.4 is 0 Å². The quantitative estimate of drug-likeness (QED) is 0.682. The number of hydrogen-bond acceptors (Lipinski definition) is 4. The van der Waals surface area contributed by atoms with Gasteiger partial charge in [-0.2, -0.15) is 0 Å². The van der Waals surface area contributed by atoms with Crippen molar-refractivity contribution in [3.05, 3.63) is 10.7 Å². The zero-order chi connectivity index (χ0) is 10.6. The summed E-state index contributed by atoms with van der Waals surface area (Å²) in [6, 6.07) is 0. The second-order valence-electron chi connectivity index (χ2n) is 4.48. The van der Waals surface area contributed by atoms with E-state index in [9.17, 15) is 0 Å². The Morgan fingerprint density at radius 2 is 2.20 bits per heavy atom. The molecule has 3 rings (SSSR count). The van der Waals surface area contributed by atoms with Gasteiger partial charge < -0.3 is 18.9 Å². The van der Waals surface area contributed by atoms with Gasteiger partial charge in [0, 0.05) is 4.99 Å². The van der Waals surface area contributed by atoms with Gasteiger partial charge in [0.2, 0.25) is 0 Å². The number of fused-ring (bicyclic) bond motifs is 1. The van der Waals surface area contributed by atoms with Gasteiger partial charge in [-0.25, -0.2) is 0 Å². The zero-order valence-corrected chi connectivity index (χ0v) is 10.2. The van der Waals surface area contributed by atoms with Crippen LogP contribution in [0.15, 0.2) is 10.7 Å². The fourth-order valence-electron chi connectivity index (χ4n) is 2.15. The average Bonchev–Trinajstić information content (AvgIpc) is 2.76. The molecule has 0 N–H and O–H groups in total. The molecule has 0 aromatic heterocycles. The van der Waals surface area contributed by atoms with E-state index in [0.29, 0.717) is 6.61 Å². The molecule has 0 unspecified atom stereocenters. The second kappa shape index (κ2) is 3.20. The Kier molecular flexibility index (Phi) is 2.15. The molecule has 0 aromatic carbocycles.